The standard InChI is InChI=1S/C12H23NO/c1-5-6-7-9-13-11-12(2,3)8-10-14-4/h13H,7-11H2,1-4H3. The Balaban J connectivity index is 3.47. The lowest BCUT2D eigenvalue weighted by atomic mass is 9.90. The molecule has 0 amide bonds. The lowest BCUT2D eigenvalue weighted by Gasteiger charge is -2.24. The van der Waals surface area contributed by atoms with Crippen molar-refractivity contribution < 1.29 is 4.74 Å². The summed E-state index contributed by atoms with van der Waals surface area (Å²) in [5.74, 6) is 5.93. The summed E-state index contributed by atoms with van der Waals surface area (Å²) in [6, 6.07) is 0. The van der Waals surface area contributed by atoms with Crippen LogP contribution in [-0.2, 0) is 4.74 Å². The van der Waals surface area contributed by atoms with Crippen LogP contribution in [0.3, 0.4) is 0 Å². The number of hydrogen-bond donors (Lipinski definition) is 1. The molecule has 1 N–H and O–H groups in total. The number of rotatable bonds is 7. The van der Waals surface area contributed by atoms with E-state index in [-0.39, 0.29) is 0 Å². The van der Waals surface area contributed by atoms with Gasteiger partial charge in [0.15, 0.2) is 0 Å². The predicted molar refractivity (Wildman–Crippen MR) is 61.2 cm³/mol. The second-order valence-corrected chi connectivity index (χ2v) is 4.26. The van der Waals surface area contributed by atoms with E-state index in [1.807, 2.05) is 6.92 Å². The van der Waals surface area contributed by atoms with E-state index < -0.39 is 0 Å². The van der Waals surface area contributed by atoms with Gasteiger partial charge >= 0.3 is 0 Å². The molecule has 2 nitrogen and oxygen atoms in total. The van der Waals surface area contributed by atoms with Crippen LogP contribution in [0.2, 0.25) is 0 Å². The molecule has 0 aliphatic heterocycles. The molecule has 0 saturated heterocycles. The molecule has 0 rings (SSSR count). The minimum Gasteiger partial charge on any atom is -0.385 e. The van der Waals surface area contributed by atoms with Gasteiger partial charge < -0.3 is 10.1 Å². The molecule has 0 radical (unpaired) electrons. The van der Waals surface area contributed by atoms with E-state index >= 15 is 0 Å². The minimum atomic E-state index is 0.315. The third-order valence-electron chi connectivity index (χ3n) is 2.19. The summed E-state index contributed by atoms with van der Waals surface area (Å²) in [7, 11) is 1.75. The molecule has 0 saturated carbocycles. The van der Waals surface area contributed by atoms with Gasteiger partial charge in [0.25, 0.3) is 0 Å². The van der Waals surface area contributed by atoms with Crippen molar-refractivity contribution in [3.05, 3.63) is 0 Å². The Hall–Kier alpha value is -0.520. The first kappa shape index (κ1) is 13.5. The normalized spacial score (nSPS) is 10.9. The number of hydrogen-bond acceptors (Lipinski definition) is 2. The van der Waals surface area contributed by atoms with Crippen LogP contribution in [0.5, 0.6) is 0 Å². The van der Waals surface area contributed by atoms with Gasteiger partial charge in [-0.2, -0.15) is 0 Å². The molecule has 0 bridgehead atoms. The zero-order valence-electron chi connectivity index (χ0n) is 9.94. The average molecular weight is 197 g/mol. The van der Waals surface area contributed by atoms with Gasteiger partial charge in [0.05, 0.1) is 0 Å². The average Bonchev–Trinajstić information content (AvgIpc) is 2.15. The third kappa shape index (κ3) is 8.10. The molecule has 0 atom stereocenters. The maximum Gasteiger partial charge on any atom is 0.0467 e. The van der Waals surface area contributed by atoms with Crippen LogP contribution in [0, 0.1) is 17.3 Å². The molecular formula is C12H23NO. The molecular weight excluding hydrogens is 174 g/mol. The van der Waals surface area contributed by atoms with Crippen molar-refractivity contribution in [1.29, 1.82) is 0 Å². The van der Waals surface area contributed by atoms with Crippen LogP contribution < -0.4 is 5.32 Å². The molecule has 2 heteroatoms. The summed E-state index contributed by atoms with van der Waals surface area (Å²) in [5, 5.41) is 3.41. The van der Waals surface area contributed by atoms with Crippen molar-refractivity contribution in [3.8, 4) is 11.8 Å². The van der Waals surface area contributed by atoms with Gasteiger partial charge in [0.2, 0.25) is 0 Å². The first-order valence-electron chi connectivity index (χ1n) is 5.21. The Labute approximate surface area is 88.4 Å². The highest BCUT2D eigenvalue weighted by atomic mass is 16.5. The van der Waals surface area contributed by atoms with E-state index in [0.717, 1.165) is 32.5 Å². The van der Waals surface area contributed by atoms with E-state index in [0.29, 0.717) is 5.41 Å². The summed E-state index contributed by atoms with van der Waals surface area (Å²) in [6.07, 6.45) is 2.03. The molecule has 0 aliphatic rings. The van der Waals surface area contributed by atoms with Crippen molar-refractivity contribution in [3.63, 3.8) is 0 Å². The summed E-state index contributed by atoms with van der Waals surface area (Å²) in [4.78, 5) is 0. The van der Waals surface area contributed by atoms with Gasteiger partial charge in [0.1, 0.15) is 0 Å². The molecule has 0 aliphatic carbocycles. The molecule has 0 spiro atoms. The summed E-state index contributed by atoms with van der Waals surface area (Å²) in [6.45, 7) is 9.24. The van der Waals surface area contributed by atoms with Crippen LogP contribution in [-0.4, -0.2) is 26.8 Å². The lowest BCUT2D eigenvalue weighted by Crippen LogP contribution is -2.30. The minimum absolute atomic E-state index is 0.315. The van der Waals surface area contributed by atoms with Crippen LogP contribution in [0.1, 0.15) is 33.6 Å². The zero-order valence-corrected chi connectivity index (χ0v) is 9.94. The van der Waals surface area contributed by atoms with Gasteiger partial charge in [-0.15, -0.1) is 11.8 Å². The fourth-order valence-corrected chi connectivity index (χ4v) is 1.17. The third-order valence-corrected chi connectivity index (χ3v) is 2.19. The monoisotopic (exact) mass is 197 g/mol. The van der Waals surface area contributed by atoms with Crippen LogP contribution in [0.4, 0.5) is 0 Å². The van der Waals surface area contributed by atoms with Gasteiger partial charge in [-0.3, -0.25) is 0 Å². The van der Waals surface area contributed by atoms with Crippen LogP contribution in [0.25, 0.3) is 0 Å². The first-order valence-corrected chi connectivity index (χ1v) is 5.21. The van der Waals surface area contributed by atoms with Crippen molar-refractivity contribution in [2.75, 3.05) is 26.8 Å². The molecule has 0 aromatic heterocycles. The second kappa shape index (κ2) is 7.84. The number of nitrogens with one attached hydrogen (secondary N) is 1. The van der Waals surface area contributed by atoms with Crippen LogP contribution >= 0.6 is 0 Å². The lowest BCUT2D eigenvalue weighted by molar-refractivity contribution is 0.151. The largest absolute Gasteiger partial charge is 0.385 e. The second-order valence-electron chi connectivity index (χ2n) is 4.26. The fourth-order valence-electron chi connectivity index (χ4n) is 1.17. The van der Waals surface area contributed by atoms with E-state index in [2.05, 4.69) is 31.0 Å². The Morgan fingerprint density at radius 2 is 2.07 bits per heavy atom. The summed E-state index contributed by atoms with van der Waals surface area (Å²) in [5.41, 5.74) is 0.315. The molecule has 0 aromatic rings. The van der Waals surface area contributed by atoms with Crippen molar-refractivity contribution in [2.24, 2.45) is 5.41 Å². The quantitative estimate of drug-likeness (QED) is 0.498. The van der Waals surface area contributed by atoms with Gasteiger partial charge in [0, 0.05) is 33.2 Å². The maximum absolute atomic E-state index is 5.07. The Morgan fingerprint density at radius 1 is 1.36 bits per heavy atom. The highest BCUT2D eigenvalue weighted by molar-refractivity contribution is 4.95. The van der Waals surface area contributed by atoms with E-state index in [1.54, 1.807) is 7.11 Å². The van der Waals surface area contributed by atoms with Gasteiger partial charge in [-0.1, -0.05) is 13.8 Å². The molecule has 0 unspecified atom stereocenters. The molecule has 0 heterocycles. The molecule has 0 aromatic carbocycles. The SMILES string of the molecule is CC#CCCNCC(C)(C)CCOC. The first-order chi connectivity index (χ1) is 6.62. The summed E-state index contributed by atoms with van der Waals surface area (Å²) >= 11 is 0. The van der Waals surface area contributed by atoms with Crippen LogP contribution in [0.15, 0.2) is 0 Å². The fraction of sp³-hybridized carbons (Fsp3) is 0.833. The number of methoxy groups -OCH3 is 1. The van der Waals surface area contributed by atoms with Gasteiger partial charge in [-0.05, 0) is 18.8 Å². The Morgan fingerprint density at radius 3 is 2.64 bits per heavy atom. The van der Waals surface area contributed by atoms with E-state index in [9.17, 15) is 0 Å². The highest BCUT2D eigenvalue weighted by Crippen LogP contribution is 2.18. The van der Waals surface area contributed by atoms with E-state index in [4.69, 9.17) is 4.74 Å². The zero-order chi connectivity index (χ0) is 10.9. The van der Waals surface area contributed by atoms with Crippen molar-refractivity contribution in [2.45, 2.75) is 33.6 Å². The van der Waals surface area contributed by atoms with Crippen molar-refractivity contribution in [1.82, 2.24) is 5.32 Å². The summed E-state index contributed by atoms with van der Waals surface area (Å²) < 4.78 is 5.07. The maximum atomic E-state index is 5.07. The molecule has 82 valence electrons. The Bertz CT molecular complexity index is 188. The Kier molecular flexibility index (Phi) is 7.55. The van der Waals surface area contributed by atoms with Crippen molar-refractivity contribution >= 4 is 0 Å². The van der Waals surface area contributed by atoms with E-state index in [1.165, 1.54) is 0 Å². The predicted octanol–water partition coefficient (Wildman–Crippen LogP) is 2.05. The highest BCUT2D eigenvalue weighted by Gasteiger charge is 2.16. The topological polar surface area (TPSA) is 21.3 Å². The molecule has 0 fully saturated rings. The number of ether oxygens (including phenoxy) is 1. The molecule has 14 heavy (non-hydrogen) atoms. The van der Waals surface area contributed by atoms with Gasteiger partial charge in [-0.25, -0.2) is 0 Å². The smallest absolute Gasteiger partial charge is 0.0467 e.